The van der Waals surface area contributed by atoms with Gasteiger partial charge >= 0.3 is 0 Å². The summed E-state index contributed by atoms with van der Waals surface area (Å²) in [5.41, 5.74) is 1.91. The number of hydrogen-bond acceptors (Lipinski definition) is 2. The molecule has 2 aromatic carbocycles. The number of morpholine rings is 1. The lowest BCUT2D eigenvalue weighted by atomic mass is 10.3. The summed E-state index contributed by atoms with van der Waals surface area (Å²) in [6.07, 6.45) is 0. The smallest absolute Gasteiger partial charge is 0.227 e. The number of benzene rings is 2. The van der Waals surface area contributed by atoms with Gasteiger partial charge in [0, 0.05) is 18.8 Å². The van der Waals surface area contributed by atoms with Gasteiger partial charge in [0.05, 0.1) is 18.9 Å². The number of amidine groups is 1. The van der Waals surface area contributed by atoms with Crippen LogP contribution in [0.3, 0.4) is 0 Å². The van der Waals surface area contributed by atoms with Crippen molar-refractivity contribution in [1.82, 2.24) is 4.90 Å². The van der Waals surface area contributed by atoms with Gasteiger partial charge in [0.15, 0.2) is 0 Å². The van der Waals surface area contributed by atoms with Crippen LogP contribution in [0.1, 0.15) is 6.92 Å². The second kappa shape index (κ2) is 8.26. The minimum Gasteiger partial charge on any atom is -0.378 e. The predicted octanol–water partition coefficient (Wildman–Crippen LogP) is 3.54. The van der Waals surface area contributed by atoms with E-state index in [-0.39, 0.29) is 0 Å². The topological polar surface area (TPSA) is 49.2 Å². The summed E-state index contributed by atoms with van der Waals surface area (Å²) in [5.74, 6) is 1.52. The van der Waals surface area contributed by atoms with Gasteiger partial charge in [-0.25, -0.2) is 9.98 Å². The Balaban J connectivity index is 1.83. The first-order valence-electron chi connectivity index (χ1n) is 8.15. The molecule has 0 radical (unpaired) electrons. The summed E-state index contributed by atoms with van der Waals surface area (Å²) in [5, 5.41) is 3.31. The fourth-order valence-electron chi connectivity index (χ4n) is 2.46. The van der Waals surface area contributed by atoms with E-state index in [0.717, 1.165) is 30.3 Å². The number of nitrogens with one attached hydrogen (secondary N) is 1. The lowest BCUT2D eigenvalue weighted by molar-refractivity contribution is 0.0676. The zero-order chi connectivity index (χ0) is 16.6. The highest BCUT2D eigenvalue weighted by atomic mass is 16.5. The van der Waals surface area contributed by atoms with E-state index in [2.05, 4.69) is 10.2 Å². The van der Waals surface area contributed by atoms with Gasteiger partial charge in [-0.3, -0.25) is 0 Å². The third-order valence-electron chi connectivity index (χ3n) is 3.65. The lowest BCUT2D eigenvalue weighted by Gasteiger charge is -2.28. The minimum absolute atomic E-state index is 0.703. The zero-order valence-electron chi connectivity index (χ0n) is 13.9. The zero-order valence-corrected chi connectivity index (χ0v) is 13.9. The molecule has 1 aliphatic heterocycles. The van der Waals surface area contributed by atoms with Gasteiger partial charge in [-0.05, 0) is 31.2 Å². The number of aliphatic imine (C=N–C) groups is 2. The molecule has 0 bridgehead atoms. The van der Waals surface area contributed by atoms with E-state index < -0.39 is 0 Å². The van der Waals surface area contributed by atoms with Crippen molar-refractivity contribution in [2.75, 3.05) is 31.6 Å². The van der Waals surface area contributed by atoms with E-state index in [9.17, 15) is 0 Å². The maximum atomic E-state index is 5.44. The predicted molar refractivity (Wildman–Crippen MR) is 99.1 cm³/mol. The van der Waals surface area contributed by atoms with Crippen LogP contribution in [0.4, 0.5) is 11.4 Å². The third kappa shape index (κ3) is 4.67. The van der Waals surface area contributed by atoms with Gasteiger partial charge in [-0.1, -0.05) is 36.4 Å². The third-order valence-corrected chi connectivity index (χ3v) is 3.65. The van der Waals surface area contributed by atoms with Crippen LogP contribution < -0.4 is 5.32 Å². The van der Waals surface area contributed by atoms with Gasteiger partial charge in [-0.2, -0.15) is 0 Å². The molecule has 1 N–H and O–H groups in total. The SMILES string of the molecule is CC(=NC(=Nc1ccccc1)N1CCOCC1)Nc1ccccc1. The summed E-state index contributed by atoms with van der Waals surface area (Å²) in [7, 11) is 0. The van der Waals surface area contributed by atoms with Gasteiger partial charge < -0.3 is 15.0 Å². The molecular weight excluding hydrogens is 300 g/mol. The Labute approximate surface area is 142 Å². The summed E-state index contributed by atoms with van der Waals surface area (Å²) in [6.45, 7) is 4.96. The standard InChI is InChI=1S/C19H22N4O/c1-16(20-17-8-4-2-5-9-17)21-19(23-12-14-24-15-13-23)22-18-10-6-3-7-11-18/h2-11H,12-15H2,1H3,(H,20,21,22). The van der Waals surface area contributed by atoms with Crippen LogP contribution in [0.2, 0.25) is 0 Å². The lowest BCUT2D eigenvalue weighted by Crippen LogP contribution is -2.40. The largest absolute Gasteiger partial charge is 0.378 e. The van der Waals surface area contributed by atoms with Crippen LogP contribution in [0.15, 0.2) is 70.6 Å². The van der Waals surface area contributed by atoms with Crippen LogP contribution in [-0.2, 0) is 4.74 Å². The van der Waals surface area contributed by atoms with E-state index in [1.54, 1.807) is 0 Å². The van der Waals surface area contributed by atoms with E-state index >= 15 is 0 Å². The Bertz CT molecular complexity index is 692. The summed E-state index contributed by atoms with van der Waals surface area (Å²) in [4.78, 5) is 11.6. The number of rotatable bonds is 2. The normalized spacial score (nSPS) is 16.1. The van der Waals surface area contributed by atoms with Gasteiger partial charge in [-0.15, -0.1) is 0 Å². The number of hydrogen-bond donors (Lipinski definition) is 1. The van der Waals surface area contributed by atoms with Crippen molar-refractivity contribution in [3.8, 4) is 0 Å². The molecule has 5 heteroatoms. The Morgan fingerprint density at radius 1 is 0.958 bits per heavy atom. The number of nitrogens with zero attached hydrogens (tertiary/aromatic N) is 3. The first-order valence-corrected chi connectivity index (χ1v) is 8.15. The summed E-state index contributed by atoms with van der Waals surface area (Å²) < 4.78 is 5.44. The molecular formula is C19H22N4O. The molecule has 1 saturated heterocycles. The molecule has 1 heterocycles. The molecule has 0 unspecified atom stereocenters. The molecule has 2 aromatic rings. The van der Waals surface area contributed by atoms with Gasteiger partial charge in [0.25, 0.3) is 0 Å². The first kappa shape index (κ1) is 16.2. The molecule has 1 aliphatic rings. The fraction of sp³-hybridized carbons (Fsp3) is 0.263. The van der Waals surface area contributed by atoms with Crippen molar-refractivity contribution < 1.29 is 4.74 Å². The Morgan fingerprint density at radius 3 is 2.25 bits per heavy atom. The second-order valence-electron chi connectivity index (χ2n) is 5.54. The average molecular weight is 322 g/mol. The summed E-state index contributed by atoms with van der Waals surface area (Å²) >= 11 is 0. The second-order valence-corrected chi connectivity index (χ2v) is 5.54. The van der Waals surface area contributed by atoms with Crippen LogP contribution in [-0.4, -0.2) is 43.0 Å². The monoisotopic (exact) mass is 322 g/mol. The van der Waals surface area contributed by atoms with Crippen molar-refractivity contribution in [2.24, 2.45) is 9.98 Å². The maximum absolute atomic E-state index is 5.44. The molecule has 0 atom stereocenters. The number of anilines is 1. The van der Waals surface area contributed by atoms with Gasteiger partial charge in [0.1, 0.15) is 5.84 Å². The Hall–Kier alpha value is -2.66. The molecule has 0 aliphatic carbocycles. The highest BCUT2D eigenvalue weighted by Gasteiger charge is 2.15. The first-order chi connectivity index (χ1) is 11.8. The molecule has 0 spiro atoms. The summed E-state index contributed by atoms with van der Waals surface area (Å²) in [6, 6.07) is 19.9. The van der Waals surface area contributed by atoms with Crippen LogP contribution in [0.5, 0.6) is 0 Å². The van der Waals surface area contributed by atoms with Crippen LogP contribution in [0, 0.1) is 0 Å². The Morgan fingerprint density at radius 2 is 1.58 bits per heavy atom. The van der Waals surface area contributed by atoms with E-state index in [1.165, 1.54) is 0 Å². The van der Waals surface area contributed by atoms with Crippen molar-refractivity contribution in [3.05, 3.63) is 60.7 Å². The van der Waals surface area contributed by atoms with Crippen molar-refractivity contribution in [3.63, 3.8) is 0 Å². The van der Waals surface area contributed by atoms with E-state index in [0.29, 0.717) is 19.2 Å². The van der Waals surface area contributed by atoms with E-state index in [4.69, 9.17) is 14.7 Å². The molecule has 0 saturated carbocycles. The van der Waals surface area contributed by atoms with Crippen LogP contribution >= 0.6 is 0 Å². The molecule has 0 amide bonds. The highest BCUT2D eigenvalue weighted by Crippen LogP contribution is 2.13. The molecule has 3 rings (SSSR count). The molecule has 5 nitrogen and oxygen atoms in total. The number of ether oxygens (including phenoxy) is 1. The number of guanidine groups is 1. The van der Waals surface area contributed by atoms with Gasteiger partial charge in [0.2, 0.25) is 5.96 Å². The maximum Gasteiger partial charge on any atom is 0.227 e. The molecule has 24 heavy (non-hydrogen) atoms. The van der Waals surface area contributed by atoms with E-state index in [1.807, 2.05) is 67.6 Å². The minimum atomic E-state index is 0.703. The number of para-hydroxylation sites is 2. The van der Waals surface area contributed by atoms with Crippen molar-refractivity contribution in [1.29, 1.82) is 0 Å². The van der Waals surface area contributed by atoms with Crippen molar-refractivity contribution >= 4 is 23.2 Å². The fourth-order valence-corrected chi connectivity index (χ4v) is 2.46. The molecule has 124 valence electrons. The highest BCUT2D eigenvalue weighted by molar-refractivity contribution is 6.02. The molecule has 1 fully saturated rings. The average Bonchev–Trinajstić information content (AvgIpc) is 2.63. The molecule has 0 aromatic heterocycles. The van der Waals surface area contributed by atoms with Crippen LogP contribution in [0.25, 0.3) is 0 Å². The van der Waals surface area contributed by atoms with Crippen molar-refractivity contribution in [2.45, 2.75) is 6.92 Å². The quantitative estimate of drug-likeness (QED) is 0.679. The Kier molecular flexibility index (Phi) is 5.58.